The molecule has 0 spiro atoms. The van der Waals surface area contributed by atoms with Crippen LogP contribution in [0.15, 0.2) is 60.2 Å². The van der Waals surface area contributed by atoms with Gasteiger partial charge in [-0.2, -0.15) is 0 Å². The summed E-state index contributed by atoms with van der Waals surface area (Å²) in [6.45, 7) is 0. The summed E-state index contributed by atoms with van der Waals surface area (Å²) in [4.78, 5) is 5.34. The van der Waals surface area contributed by atoms with E-state index < -0.39 is 0 Å². The number of hydrogen-bond donors (Lipinski definition) is 0. The van der Waals surface area contributed by atoms with Gasteiger partial charge in [-0.05, 0) is 84.2 Å². The normalized spacial score (nSPS) is 15.1. The molecule has 4 rings (SSSR count). The summed E-state index contributed by atoms with van der Waals surface area (Å²) in [5, 5.41) is 2.11. The molecule has 2 heterocycles. The highest BCUT2D eigenvalue weighted by atomic mass is 32.1. The predicted octanol–water partition coefficient (Wildman–Crippen LogP) is 6.06. The molecule has 0 bridgehead atoms. The number of benzene rings is 1. The van der Waals surface area contributed by atoms with Gasteiger partial charge in [0, 0.05) is 17.3 Å². The quantitative estimate of drug-likeness (QED) is 0.523. The van der Waals surface area contributed by atoms with Crippen LogP contribution in [0.3, 0.4) is 0 Å². The fourth-order valence-electron chi connectivity index (χ4n) is 3.48. The zero-order valence-electron chi connectivity index (χ0n) is 15.4. The van der Waals surface area contributed by atoms with Gasteiger partial charge in [0.1, 0.15) is 0 Å². The van der Waals surface area contributed by atoms with Gasteiger partial charge in [0.15, 0.2) is 11.5 Å². The van der Waals surface area contributed by atoms with Gasteiger partial charge >= 0.3 is 0 Å². The summed E-state index contributed by atoms with van der Waals surface area (Å²) in [5.41, 5.74) is 3.43. The number of methoxy groups -OCH3 is 1. The van der Waals surface area contributed by atoms with Gasteiger partial charge in [-0.3, -0.25) is 4.98 Å². The smallest absolute Gasteiger partial charge is 0.162 e. The van der Waals surface area contributed by atoms with E-state index in [0.29, 0.717) is 6.10 Å². The fourth-order valence-corrected chi connectivity index (χ4v) is 4.24. The van der Waals surface area contributed by atoms with Crippen LogP contribution in [0.5, 0.6) is 11.5 Å². The molecule has 3 aromatic rings. The third kappa shape index (κ3) is 4.22. The summed E-state index contributed by atoms with van der Waals surface area (Å²) in [7, 11) is 1.70. The maximum absolute atomic E-state index is 6.30. The maximum Gasteiger partial charge on any atom is 0.162 e. The van der Waals surface area contributed by atoms with Crippen LogP contribution in [0.2, 0.25) is 0 Å². The molecule has 0 saturated heterocycles. The Kier molecular flexibility index (Phi) is 5.54. The predicted molar refractivity (Wildman–Crippen MR) is 111 cm³/mol. The molecule has 0 atom stereocenters. The van der Waals surface area contributed by atoms with Gasteiger partial charge in [0.2, 0.25) is 0 Å². The number of hydrogen-bond acceptors (Lipinski definition) is 4. The van der Waals surface area contributed by atoms with E-state index in [2.05, 4.69) is 40.7 Å². The van der Waals surface area contributed by atoms with Gasteiger partial charge in [0.25, 0.3) is 0 Å². The van der Waals surface area contributed by atoms with Crippen LogP contribution >= 0.6 is 11.3 Å². The molecule has 138 valence electrons. The first-order valence-corrected chi connectivity index (χ1v) is 10.2. The topological polar surface area (TPSA) is 31.4 Å². The van der Waals surface area contributed by atoms with Crippen LogP contribution in [0.4, 0.5) is 0 Å². The van der Waals surface area contributed by atoms with Crippen molar-refractivity contribution < 1.29 is 9.47 Å². The molecule has 0 aliphatic heterocycles. The first kappa shape index (κ1) is 17.8. The van der Waals surface area contributed by atoms with Crippen molar-refractivity contribution in [1.82, 2.24) is 4.98 Å². The summed E-state index contributed by atoms with van der Waals surface area (Å²) in [6.07, 6.45) is 10.9. The molecular formula is C23H23NO2S. The first-order valence-electron chi connectivity index (χ1n) is 9.34. The Labute approximate surface area is 164 Å². The summed E-state index contributed by atoms with van der Waals surface area (Å²) < 4.78 is 11.8. The maximum atomic E-state index is 6.30. The molecule has 0 N–H and O–H groups in total. The van der Waals surface area contributed by atoms with Crippen molar-refractivity contribution in [3.8, 4) is 11.5 Å². The molecule has 0 radical (unpaired) electrons. The second kappa shape index (κ2) is 8.40. The number of rotatable bonds is 6. The van der Waals surface area contributed by atoms with E-state index >= 15 is 0 Å². The molecule has 3 nitrogen and oxygen atoms in total. The Morgan fingerprint density at radius 3 is 2.59 bits per heavy atom. The van der Waals surface area contributed by atoms with Crippen LogP contribution in [-0.4, -0.2) is 18.2 Å². The molecule has 0 amide bonds. The molecule has 2 aromatic heterocycles. The van der Waals surface area contributed by atoms with E-state index in [1.807, 2.05) is 30.6 Å². The Bertz CT molecular complexity index is 897. The number of aromatic nitrogens is 1. The first-order chi connectivity index (χ1) is 13.3. The van der Waals surface area contributed by atoms with Crippen LogP contribution in [-0.2, 0) is 0 Å². The molecule has 4 heteroatoms. The molecular weight excluding hydrogens is 354 g/mol. The van der Waals surface area contributed by atoms with Crippen LogP contribution in [0.25, 0.3) is 11.6 Å². The van der Waals surface area contributed by atoms with Crippen molar-refractivity contribution in [1.29, 1.82) is 0 Å². The average Bonchev–Trinajstić information content (AvgIpc) is 3.41. The Balaban J connectivity index is 1.74. The summed E-state index contributed by atoms with van der Waals surface area (Å²) in [6, 6.07) is 14.5. The molecule has 27 heavy (non-hydrogen) atoms. The molecule has 0 unspecified atom stereocenters. The lowest BCUT2D eigenvalue weighted by Gasteiger charge is -2.17. The molecule has 1 aromatic carbocycles. The summed E-state index contributed by atoms with van der Waals surface area (Å²) in [5.74, 6) is 1.62. The van der Waals surface area contributed by atoms with E-state index in [9.17, 15) is 0 Å². The van der Waals surface area contributed by atoms with Crippen LogP contribution < -0.4 is 9.47 Å². The van der Waals surface area contributed by atoms with Crippen LogP contribution in [0.1, 0.15) is 41.7 Å². The number of nitrogens with zero attached hydrogens (tertiary/aromatic N) is 1. The van der Waals surface area contributed by atoms with Crippen LogP contribution in [0, 0.1) is 0 Å². The van der Waals surface area contributed by atoms with Gasteiger partial charge in [-0.15, -0.1) is 11.3 Å². The molecule has 1 saturated carbocycles. The Hall–Kier alpha value is -2.59. The Morgan fingerprint density at radius 1 is 1.07 bits per heavy atom. The van der Waals surface area contributed by atoms with E-state index in [0.717, 1.165) is 35.5 Å². The minimum absolute atomic E-state index is 0.295. The molecule has 1 fully saturated rings. The van der Waals surface area contributed by atoms with E-state index in [-0.39, 0.29) is 0 Å². The molecule has 1 aliphatic rings. The minimum Gasteiger partial charge on any atom is -0.493 e. The lowest BCUT2D eigenvalue weighted by molar-refractivity contribution is 0.201. The number of ether oxygens (including phenoxy) is 2. The lowest BCUT2D eigenvalue weighted by atomic mass is 10.0. The zero-order chi connectivity index (χ0) is 18.5. The second-order valence-corrected chi connectivity index (χ2v) is 7.65. The SMILES string of the molecule is COc1ccc(C(=Cc2ccncc2)c2cccs2)cc1OC1CCCC1. The van der Waals surface area contributed by atoms with Gasteiger partial charge in [-0.1, -0.05) is 12.1 Å². The summed E-state index contributed by atoms with van der Waals surface area (Å²) >= 11 is 1.74. The standard InChI is InChI=1S/C23H23NO2S/c1-25-21-9-8-18(16-22(21)26-19-5-2-3-6-19)20(23-7-4-14-27-23)15-17-10-12-24-13-11-17/h4,7-16,19H,2-3,5-6H2,1H3. The third-order valence-electron chi connectivity index (χ3n) is 4.87. The highest BCUT2D eigenvalue weighted by Crippen LogP contribution is 2.37. The van der Waals surface area contributed by atoms with E-state index in [1.165, 1.54) is 23.3 Å². The number of pyridine rings is 1. The monoisotopic (exact) mass is 377 g/mol. The van der Waals surface area contributed by atoms with Crippen molar-refractivity contribution >= 4 is 23.0 Å². The largest absolute Gasteiger partial charge is 0.493 e. The number of thiophene rings is 1. The van der Waals surface area contributed by atoms with Crippen molar-refractivity contribution in [3.63, 3.8) is 0 Å². The lowest BCUT2D eigenvalue weighted by Crippen LogP contribution is -2.11. The average molecular weight is 378 g/mol. The van der Waals surface area contributed by atoms with E-state index in [4.69, 9.17) is 9.47 Å². The Morgan fingerprint density at radius 2 is 1.89 bits per heavy atom. The minimum atomic E-state index is 0.295. The van der Waals surface area contributed by atoms with Crippen molar-refractivity contribution in [2.24, 2.45) is 0 Å². The zero-order valence-corrected chi connectivity index (χ0v) is 16.2. The highest BCUT2D eigenvalue weighted by Gasteiger charge is 2.19. The fraction of sp³-hybridized carbons (Fsp3) is 0.261. The molecule has 1 aliphatic carbocycles. The van der Waals surface area contributed by atoms with Gasteiger partial charge in [0.05, 0.1) is 13.2 Å². The van der Waals surface area contributed by atoms with E-state index in [1.54, 1.807) is 18.4 Å². The van der Waals surface area contributed by atoms with Gasteiger partial charge in [-0.25, -0.2) is 0 Å². The highest BCUT2D eigenvalue weighted by molar-refractivity contribution is 7.11. The van der Waals surface area contributed by atoms with Crippen molar-refractivity contribution in [3.05, 3.63) is 76.2 Å². The van der Waals surface area contributed by atoms with Crippen molar-refractivity contribution in [2.75, 3.05) is 7.11 Å². The van der Waals surface area contributed by atoms with Gasteiger partial charge < -0.3 is 9.47 Å². The third-order valence-corrected chi connectivity index (χ3v) is 5.78. The van der Waals surface area contributed by atoms with Crippen molar-refractivity contribution in [2.45, 2.75) is 31.8 Å². The second-order valence-electron chi connectivity index (χ2n) is 6.71.